The molecule has 1 N–H and O–H groups in total. The summed E-state index contributed by atoms with van der Waals surface area (Å²) in [5.74, 6) is 2.05. The van der Waals surface area contributed by atoms with Gasteiger partial charge in [0.05, 0.1) is 11.9 Å². The molecule has 2 heterocycles. The summed E-state index contributed by atoms with van der Waals surface area (Å²) in [6.07, 6.45) is 5.12. The largest absolute Gasteiger partial charge is 0.361 e. The van der Waals surface area contributed by atoms with E-state index in [-0.39, 0.29) is 5.41 Å². The molecule has 0 spiro atoms. The SMILES string of the molecule is C[C@H]1c2oncc2C[C@@]2(C)c3[nH]nc(-c4ccccc4)c3CC[C@H]12. The van der Waals surface area contributed by atoms with E-state index >= 15 is 0 Å². The van der Waals surface area contributed by atoms with E-state index < -0.39 is 0 Å². The minimum atomic E-state index is 0.0750. The van der Waals surface area contributed by atoms with Crippen molar-refractivity contribution in [2.24, 2.45) is 5.92 Å². The van der Waals surface area contributed by atoms with Gasteiger partial charge in [0, 0.05) is 33.7 Å². The highest BCUT2D eigenvalue weighted by Gasteiger charge is 2.50. The summed E-state index contributed by atoms with van der Waals surface area (Å²) in [7, 11) is 0. The predicted molar refractivity (Wildman–Crippen MR) is 91.8 cm³/mol. The first-order chi connectivity index (χ1) is 11.7. The standard InChI is InChI=1S/C20H21N3O/c1-12-16-9-8-15-17(13-6-4-3-5-7-13)22-23-19(15)20(16,2)10-14-11-21-24-18(12)14/h3-7,11-12,16H,8-10H2,1-2H3,(H,22,23)/t12-,16-,20-/m1/s1. The van der Waals surface area contributed by atoms with Crippen molar-refractivity contribution in [2.45, 2.75) is 44.4 Å². The number of nitrogens with one attached hydrogen (secondary N) is 1. The van der Waals surface area contributed by atoms with Gasteiger partial charge in [0.25, 0.3) is 0 Å². The number of aromatic nitrogens is 3. The van der Waals surface area contributed by atoms with Crippen LogP contribution in [-0.4, -0.2) is 15.4 Å². The van der Waals surface area contributed by atoms with Gasteiger partial charge in [-0.2, -0.15) is 5.10 Å². The van der Waals surface area contributed by atoms with Crippen LogP contribution in [0, 0.1) is 5.92 Å². The molecule has 0 saturated carbocycles. The fourth-order valence-corrected chi connectivity index (χ4v) is 5.10. The van der Waals surface area contributed by atoms with E-state index in [1.54, 1.807) is 0 Å². The molecule has 24 heavy (non-hydrogen) atoms. The fourth-order valence-electron chi connectivity index (χ4n) is 5.10. The van der Waals surface area contributed by atoms with E-state index in [0.29, 0.717) is 11.8 Å². The van der Waals surface area contributed by atoms with Gasteiger partial charge in [-0.25, -0.2) is 0 Å². The lowest BCUT2D eigenvalue weighted by atomic mass is 9.56. The molecule has 4 heteroatoms. The highest BCUT2D eigenvalue weighted by Crippen LogP contribution is 2.54. The number of hydrogen-bond donors (Lipinski definition) is 1. The van der Waals surface area contributed by atoms with Gasteiger partial charge in [-0.05, 0) is 25.2 Å². The zero-order chi connectivity index (χ0) is 16.3. The van der Waals surface area contributed by atoms with Gasteiger partial charge in [-0.1, -0.05) is 49.3 Å². The van der Waals surface area contributed by atoms with E-state index in [0.717, 1.165) is 24.3 Å². The molecule has 3 aromatic rings. The number of nitrogens with zero attached hydrogens (tertiary/aromatic N) is 2. The van der Waals surface area contributed by atoms with Crippen LogP contribution in [0.2, 0.25) is 0 Å². The number of fused-ring (bicyclic) bond motifs is 4. The van der Waals surface area contributed by atoms with Gasteiger partial charge in [0.15, 0.2) is 0 Å². The van der Waals surface area contributed by atoms with Gasteiger partial charge in [0.2, 0.25) is 0 Å². The van der Waals surface area contributed by atoms with Crippen molar-refractivity contribution in [3.63, 3.8) is 0 Å². The zero-order valence-electron chi connectivity index (χ0n) is 14.0. The van der Waals surface area contributed by atoms with Gasteiger partial charge in [0.1, 0.15) is 5.76 Å². The van der Waals surface area contributed by atoms with Gasteiger partial charge >= 0.3 is 0 Å². The molecule has 0 unspecified atom stereocenters. The Morgan fingerprint density at radius 3 is 2.92 bits per heavy atom. The smallest absolute Gasteiger partial charge is 0.143 e. The topological polar surface area (TPSA) is 54.7 Å². The van der Waals surface area contributed by atoms with Crippen molar-refractivity contribution in [3.8, 4) is 11.3 Å². The molecule has 0 aliphatic heterocycles. The average Bonchev–Trinajstić information content (AvgIpc) is 3.22. The second-order valence-corrected chi connectivity index (χ2v) is 7.54. The Hall–Kier alpha value is -2.36. The van der Waals surface area contributed by atoms with Gasteiger partial charge in [-0.3, -0.25) is 5.10 Å². The Labute approximate surface area is 141 Å². The van der Waals surface area contributed by atoms with Crippen LogP contribution in [-0.2, 0) is 18.3 Å². The van der Waals surface area contributed by atoms with Crippen LogP contribution >= 0.6 is 0 Å². The quantitative estimate of drug-likeness (QED) is 0.729. The lowest BCUT2D eigenvalue weighted by Crippen LogP contribution is -2.44. The van der Waals surface area contributed by atoms with E-state index in [1.807, 2.05) is 6.20 Å². The molecule has 1 aromatic carbocycles. The number of benzene rings is 1. The lowest BCUT2D eigenvalue weighted by Gasteiger charge is -2.46. The van der Waals surface area contributed by atoms with Crippen molar-refractivity contribution in [3.05, 3.63) is 59.1 Å². The summed E-state index contributed by atoms with van der Waals surface area (Å²) in [6, 6.07) is 10.5. The van der Waals surface area contributed by atoms with Crippen LogP contribution < -0.4 is 0 Å². The minimum Gasteiger partial charge on any atom is -0.361 e. The molecule has 3 atom stereocenters. The Balaban J connectivity index is 1.65. The molecule has 0 radical (unpaired) electrons. The van der Waals surface area contributed by atoms with Crippen molar-refractivity contribution >= 4 is 0 Å². The Kier molecular flexibility index (Phi) is 2.82. The molecular formula is C20H21N3O. The summed E-state index contributed by atoms with van der Waals surface area (Å²) in [6.45, 7) is 4.67. The first-order valence-corrected chi connectivity index (χ1v) is 8.75. The molecule has 4 nitrogen and oxygen atoms in total. The third-order valence-electron chi connectivity index (χ3n) is 6.26. The van der Waals surface area contributed by atoms with Crippen molar-refractivity contribution in [2.75, 3.05) is 0 Å². The van der Waals surface area contributed by atoms with E-state index in [9.17, 15) is 0 Å². The molecule has 0 amide bonds. The van der Waals surface area contributed by atoms with Gasteiger partial charge in [-0.15, -0.1) is 0 Å². The fraction of sp³-hybridized carbons (Fsp3) is 0.400. The normalized spacial score (nSPS) is 28.1. The maximum absolute atomic E-state index is 5.55. The molecule has 122 valence electrons. The highest BCUT2D eigenvalue weighted by molar-refractivity contribution is 5.65. The molecule has 0 fully saturated rings. The number of hydrogen-bond acceptors (Lipinski definition) is 3. The lowest BCUT2D eigenvalue weighted by molar-refractivity contribution is 0.173. The van der Waals surface area contributed by atoms with Crippen LogP contribution in [0.25, 0.3) is 11.3 Å². The van der Waals surface area contributed by atoms with E-state index in [4.69, 9.17) is 9.62 Å². The summed E-state index contributed by atoms with van der Waals surface area (Å²) < 4.78 is 5.55. The summed E-state index contributed by atoms with van der Waals surface area (Å²) >= 11 is 0. The van der Waals surface area contributed by atoms with Crippen LogP contribution in [0.3, 0.4) is 0 Å². The number of H-pyrrole nitrogens is 1. The summed E-state index contributed by atoms with van der Waals surface area (Å²) in [5.41, 5.74) is 6.36. The average molecular weight is 319 g/mol. The second-order valence-electron chi connectivity index (χ2n) is 7.54. The predicted octanol–water partition coefficient (Wildman–Crippen LogP) is 4.24. The van der Waals surface area contributed by atoms with Crippen LogP contribution in [0.15, 0.2) is 41.1 Å². The van der Waals surface area contributed by atoms with Gasteiger partial charge < -0.3 is 4.52 Å². The molecular weight excluding hydrogens is 298 g/mol. The maximum atomic E-state index is 5.55. The third kappa shape index (κ3) is 1.74. The number of rotatable bonds is 1. The Morgan fingerprint density at radius 2 is 2.08 bits per heavy atom. The molecule has 0 bridgehead atoms. The summed E-state index contributed by atoms with van der Waals surface area (Å²) in [4.78, 5) is 0. The molecule has 5 rings (SSSR count). The zero-order valence-corrected chi connectivity index (χ0v) is 14.0. The van der Waals surface area contributed by atoms with E-state index in [2.05, 4.69) is 54.4 Å². The molecule has 2 aliphatic rings. The van der Waals surface area contributed by atoms with Crippen molar-refractivity contribution in [1.82, 2.24) is 15.4 Å². The minimum absolute atomic E-state index is 0.0750. The Bertz CT molecular complexity index is 895. The summed E-state index contributed by atoms with van der Waals surface area (Å²) in [5, 5.41) is 12.2. The third-order valence-corrected chi connectivity index (χ3v) is 6.26. The van der Waals surface area contributed by atoms with Crippen LogP contribution in [0.5, 0.6) is 0 Å². The first kappa shape index (κ1) is 14.0. The highest BCUT2D eigenvalue weighted by atomic mass is 16.5. The maximum Gasteiger partial charge on any atom is 0.143 e. The molecule has 2 aliphatic carbocycles. The van der Waals surface area contributed by atoms with Crippen molar-refractivity contribution in [1.29, 1.82) is 0 Å². The van der Waals surface area contributed by atoms with E-state index in [1.165, 1.54) is 28.8 Å². The number of aromatic amines is 1. The Morgan fingerprint density at radius 1 is 1.25 bits per heavy atom. The molecule has 0 saturated heterocycles. The monoisotopic (exact) mass is 319 g/mol. The van der Waals surface area contributed by atoms with Crippen molar-refractivity contribution < 1.29 is 4.52 Å². The van der Waals surface area contributed by atoms with Crippen LogP contribution in [0.4, 0.5) is 0 Å². The molecule has 2 aromatic heterocycles. The first-order valence-electron chi connectivity index (χ1n) is 8.75. The van der Waals surface area contributed by atoms with Crippen LogP contribution in [0.1, 0.15) is 48.8 Å². The second kappa shape index (κ2) is 4.82.